The molecule has 0 saturated heterocycles. The van der Waals surface area contributed by atoms with Gasteiger partial charge in [0.15, 0.2) is 0 Å². The van der Waals surface area contributed by atoms with Gasteiger partial charge >= 0.3 is 17.6 Å². The molecule has 40 heavy (non-hydrogen) atoms. The molecule has 0 aliphatic carbocycles. The SMILES string of the molecule is CCO[Si](CCCN(CCC[Si](OCC)(OCC)OCC)C1=NC(CCN)=NC(CCN)N1N)(OCC)OCC. The molecule has 0 saturated carbocycles. The average molecular weight is 608 g/mol. The number of nitrogens with zero attached hydrogens (tertiary/aromatic N) is 4. The second kappa shape index (κ2) is 20.8. The van der Waals surface area contributed by atoms with Crippen molar-refractivity contribution in [2.24, 2.45) is 27.3 Å². The van der Waals surface area contributed by atoms with Gasteiger partial charge in [-0.3, -0.25) is 5.01 Å². The molecule has 1 unspecified atom stereocenters. The molecule has 1 atom stereocenters. The van der Waals surface area contributed by atoms with Crippen molar-refractivity contribution in [1.82, 2.24) is 9.91 Å². The minimum atomic E-state index is -2.80. The number of hydrazine groups is 1. The molecule has 0 amide bonds. The fourth-order valence-electron chi connectivity index (χ4n) is 4.69. The minimum Gasteiger partial charge on any atom is -0.374 e. The van der Waals surface area contributed by atoms with Crippen LogP contribution in [0.4, 0.5) is 0 Å². The second-order valence-corrected chi connectivity index (χ2v) is 14.6. The number of amidine groups is 1. The number of aliphatic imine (C=N–C) groups is 2. The summed E-state index contributed by atoms with van der Waals surface area (Å²) in [5.74, 6) is 7.95. The van der Waals surface area contributed by atoms with E-state index in [1.165, 1.54) is 0 Å². The van der Waals surface area contributed by atoms with Crippen LogP contribution in [0.25, 0.3) is 0 Å². The third kappa shape index (κ3) is 12.1. The maximum atomic E-state index is 6.61. The fourth-order valence-corrected chi connectivity index (χ4v) is 9.88. The molecule has 236 valence electrons. The van der Waals surface area contributed by atoms with Crippen molar-refractivity contribution in [3.8, 4) is 0 Å². The molecule has 1 heterocycles. The van der Waals surface area contributed by atoms with Crippen molar-refractivity contribution in [3.63, 3.8) is 0 Å². The zero-order valence-corrected chi connectivity index (χ0v) is 27.9. The smallest absolute Gasteiger partial charge is 0.374 e. The van der Waals surface area contributed by atoms with Crippen LogP contribution >= 0.6 is 0 Å². The molecule has 1 rings (SSSR count). The Morgan fingerprint density at radius 3 is 1.50 bits per heavy atom. The van der Waals surface area contributed by atoms with Crippen LogP contribution in [0.3, 0.4) is 0 Å². The summed E-state index contributed by atoms with van der Waals surface area (Å²) >= 11 is 0. The molecular formula is C25H57N7O6Si2. The fraction of sp³-hybridized carbons (Fsp3) is 0.920. The minimum absolute atomic E-state index is 0.297. The Morgan fingerprint density at radius 1 is 0.725 bits per heavy atom. The van der Waals surface area contributed by atoms with Gasteiger partial charge in [-0.15, -0.1) is 0 Å². The van der Waals surface area contributed by atoms with Crippen LogP contribution in [0.2, 0.25) is 12.1 Å². The summed E-state index contributed by atoms with van der Waals surface area (Å²) in [5, 5.41) is 1.63. The van der Waals surface area contributed by atoms with E-state index in [9.17, 15) is 0 Å². The number of guanidine groups is 1. The molecule has 13 nitrogen and oxygen atoms in total. The number of hydrogen-bond acceptors (Lipinski definition) is 13. The Hall–Kier alpha value is -0.986. The van der Waals surface area contributed by atoms with E-state index in [1.54, 1.807) is 5.01 Å². The van der Waals surface area contributed by atoms with Crippen LogP contribution in [0.15, 0.2) is 9.98 Å². The first kappa shape index (κ1) is 37.0. The van der Waals surface area contributed by atoms with Crippen LogP contribution < -0.4 is 17.3 Å². The molecular weight excluding hydrogens is 550 g/mol. The third-order valence-electron chi connectivity index (χ3n) is 6.16. The quantitative estimate of drug-likeness (QED) is 0.109. The lowest BCUT2D eigenvalue weighted by molar-refractivity contribution is 0.0700. The summed E-state index contributed by atoms with van der Waals surface area (Å²) in [6, 6.07) is 1.37. The molecule has 0 aromatic rings. The molecule has 0 radical (unpaired) electrons. The highest BCUT2D eigenvalue weighted by atomic mass is 28.4. The van der Waals surface area contributed by atoms with E-state index in [0.29, 0.717) is 103 Å². The monoisotopic (exact) mass is 607 g/mol. The standard InChI is InChI=1S/C25H57N7O6Si2/c1-7-33-39(34-8-2,35-9-3)21-13-19-31(20-14-22-40(36-10-4,37-11-5)38-12-6)25-30-23(15-17-26)29-24(16-18-27)32(25)28/h24H,7-22,26-28H2,1-6H3. The van der Waals surface area contributed by atoms with E-state index in [2.05, 4.69) is 4.90 Å². The molecule has 0 spiro atoms. The zero-order chi connectivity index (χ0) is 29.9. The summed E-state index contributed by atoms with van der Waals surface area (Å²) in [4.78, 5) is 11.7. The number of nitrogens with two attached hydrogens (primary N) is 3. The normalized spacial score (nSPS) is 16.3. The van der Waals surface area contributed by atoms with E-state index < -0.39 is 17.6 Å². The predicted octanol–water partition coefficient (Wildman–Crippen LogP) is 2.13. The highest BCUT2D eigenvalue weighted by molar-refractivity contribution is 6.61. The molecule has 0 fully saturated rings. The number of hydrogen-bond donors (Lipinski definition) is 3. The molecule has 1 aliphatic rings. The molecule has 0 aromatic heterocycles. The van der Waals surface area contributed by atoms with Gasteiger partial charge in [-0.25, -0.2) is 10.8 Å². The Bertz CT molecular complexity index is 672. The molecule has 0 bridgehead atoms. The summed E-state index contributed by atoms with van der Waals surface area (Å²) < 4.78 is 36.5. The van der Waals surface area contributed by atoms with Crippen LogP contribution in [-0.2, 0) is 26.6 Å². The summed E-state index contributed by atoms with van der Waals surface area (Å²) in [6.45, 7) is 17.3. The Labute approximate surface area is 244 Å². The van der Waals surface area contributed by atoms with Gasteiger partial charge < -0.3 is 42.9 Å². The topological polar surface area (TPSA) is 165 Å². The van der Waals surface area contributed by atoms with Crippen molar-refractivity contribution in [2.45, 2.75) is 85.5 Å². The first-order valence-corrected chi connectivity index (χ1v) is 18.9. The van der Waals surface area contributed by atoms with Gasteiger partial charge in [-0.1, -0.05) is 0 Å². The Morgan fingerprint density at radius 2 is 1.15 bits per heavy atom. The van der Waals surface area contributed by atoms with Crippen LogP contribution in [0.1, 0.15) is 67.2 Å². The largest absolute Gasteiger partial charge is 0.500 e. The van der Waals surface area contributed by atoms with Gasteiger partial charge in [0.25, 0.3) is 0 Å². The Kier molecular flexibility index (Phi) is 19.3. The van der Waals surface area contributed by atoms with E-state index in [0.717, 1.165) is 12.8 Å². The number of rotatable bonds is 24. The highest BCUT2D eigenvalue weighted by Gasteiger charge is 2.41. The summed E-state index contributed by atoms with van der Waals surface area (Å²) in [5.41, 5.74) is 11.7. The molecule has 1 aliphatic heterocycles. The highest BCUT2D eigenvalue weighted by Crippen LogP contribution is 2.22. The first-order chi connectivity index (χ1) is 19.3. The van der Waals surface area contributed by atoms with Crippen LogP contribution in [0.5, 0.6) is 0 Å². The van der Waals surface area contributed by atoms with Crippen molar-refractivity contribution in [1.29, 1.82) is 0 Å². The van der Waals surface area contributed by atoms with E-state index in [4.69, 9.17) is 53.9 Å². The maximum absolute atomic E-state index is 6.61. The van der Waals surface area contributed by atoms with Crippen molar-refractivity contribution in [2.75, 3.05) is 65.8 Å². The van der Waals surface area contributed by atoms with Gasteiger partial charge in [0, 0.05) is 77.7 Å². The summed E-state index contributed by atoms with van der Waals surface area (Å²) in [6.07, 6.45) is 2.43. The maximum Gasteiger partial charge on any atom is 0.500 e. The average Bonchev–Trinajstić information content (AvgIpc) is 2.91. The van der Waals surface area contributed by atoms with Gasteiger partial charge in [0.2, 0.25) is 5.96 Å². The summed E-state index contributed by atoms with van der Waals surface area (Å²) in [7, 11) is -5.59. The first-order valence-electron chi connectivity index (χ1n) is 15.0. The molecule has 6 N–H and O–H groups in total. The van der Waals surface area contributed by atoms with Crippen LogP contribution in [0, 0.1) is 0 Å². The van der Waals surface area contributed by atoms with Gasteiger partial charge in [-0.05, 0) is 67.5 Å². The van der Waals surface area contributed by atoms with Crippen molar-refractivity contribution >= 4 is 29.4 Å². The predicted molar refractivity (Wildman–Crippen MR) is 164 cm³/mol. The van der Waals surface area contributed by atoms with Crippen molar-refractivity contribution in [3.05, 3.63) is 0 Å². The van der Waals surface area contributed by atoms with Crippen LogP contribution in [-0.4, -0.2) is 111 Å². The van der Waals surface area contributed by atoms with Gasteiger partial charge in [0.1, 0.15) is 12.0 Å². The van der Waals surface area contributed by atoms with Crippen molar-refractivity contribution < 1.29 is 26.6 Å². The van der Waals surface area contributed by atoms with E-state index in [1.807, 2.05) is 41.5 Å². The lowest BCUT2D eigenvalue weighted by atomic mass is 10.3. The van der Waals surface area contributed by atoms with E-state index in [-0.39, 0.29) is 6.17 Å². The molecule has 15 heteroatoms. The lowest BCUT2D eigenvalue weighted by Crippen LogP contribution is -2.56. The van der Waals surface area contributed by atoms with Gasteiger partial charge in [0.05, 0.1) is 0 Å². The van der Waals surface area contributed by atoms with Gasteiger partial charge in [-0.2, -0.15) is 4.99 Å². The second-order valence-electron chi connectivity index (χ2n) is 9.12. The zero-order valence-electron chi connectivity index (χ0n) is 25.9. The Balaban J connectivity index is 3.22. The van der Waals surface area contributed by atoms with E-state index >= 15 is 0 Å². The lowest BCUT2D eigenvalue weighted by Gasteiger charge is -2.38. The molecule has 0 aromatic carbocycles. The third-order valence-corrected chi connectivity index (χ3v) is 12.5.